The molecule has 0 saturated carbocycles. The van der Waals surface area contributed by atoms with Crippen molar-refractivity contribution >= 4 is 39.7 Å². The van der Waals surface area contributed by atoms with Crippen LogP contribution in [0, 0.1) is 0 Å². The van der Waals surface area contributed by atoms with Crippen LogP contribution in [0.25, 0.3) is 0 Å². The Kier molecular flexibility index (Phi) is 4.15. The lowest BCUT2D eigenvalue weighted by molar-refractivity contribution is 0.112. The second-order valence-corrected chi connectivity index (χ2v) is 7.28. The van der Waals surface area contributed by atoms with Gasteiger partial charge in [0.2, 0.25) is 0 Å². The lowest BCUT2D eigenvalue weighted by Crippen LogP contribution is -2.40. The maximum atomic E-state index is 11.1. The van der Waals surface area contributed by atoms with Gasteiger partial charge in [0, 0.05) is 39.3 Å². The number of halogens is 1. The van der Waals surface area contributed by atoms with E-state index in [1.54, 1.807) is 0 Å². The number of anilines is 1. The van der Waals surface area contributed by atoms with Crippen LogP contribution in [0.4, 0.5) is 5.69 Å². The minimum absolute atomic E-state index is 0.613. The molecule has 1 aromatic rings. The number of thioether (sulfide) groups is 1. The zero-order valence-corrected chi connectivity index (χ0v) is 12.4. The maximum absolute atomic E-state index is 11.1. The number of nitrogens with zero attached hydrogens (tertiary/aromatic N) is 1. The Labute approximate surface area is 115 Å². The average molecular weight is 314 g/mol. The van der Waals surface area contributed by atoms with Crippen molar-refractivity contribution in [1.29, 1.82) is 0 Å². The van der Waals surface area contributed by atoms with E-state index in [-0.39, 0.29) is 0 Å². The number of hydrogen-bond donors (Lipinski definition) is 0. The highest BCUT2D eigenvalue weighted by atomic mass is 79.9. The van der Waals surface area contributed by atoms with Crippen molar-refractivity contribution in [3.05, 3.63) is 28.2 Å². The van der Waals surface area contributed by atoms with E-state index in [2.05, 4.69) is 34.7 Å². The summed E-state index contributed by atoms with van der Waals surface area (Å²) in [7, 11) is 0. The second kappa shape index (κ2) is 5.44. The smallest absolute Gasteiger partial charge is 0.152 e. The minimum atomic E-state index is 0.613. The van der Waals surface area contributed by atoms with Crippen LogP contribution in [-0.2, 0) is 0 Å². The van der Waals surface area contributed by atoms with Crippen LogP contribution >= 0.6 is 27.7 Å². The Balaban J connectivity index is 2.29. The molecule has 2 atom stereocenters. The highest BCUT2D eigenvalue weighted by Gasteiger charge is 2.23. The lowest BCUT2D eigenvalue weighted by Gasteiger charge is -2.36. The van der Waals surface area contributed by atoms with Crippen molar-refractivity contribution in [2.45, 2.75) is 24.3 Å². The topological polar surface area (TPSA) is 20.3 Å². The summed E-state index contributed by atoms with van der Waals surface area (Å²) in [5, 5.41) is 1.23. The van der Waals surface area contributed by atoms with Crippen molar-refractivity contribution in [1.82, 2.24) is 0 Å². The van der Waals surface area contributed by atoms with E-state index < -0.39 is 0 Å². The number of aldehydes is 1. The van der Waals surface area contributed by atoms with E-state index in [1.165, 1.54) is 0 Å². The van der Waals surface area contributed by atoms with Gasteiger partial charge >= 0.3 is 0 Å². The van der Waals surface area contributed by atoms with Crippen LogP contribution in [-0.4, -0.2) is 29.9 Å². The van der Waals surface area contributed by atoms with Crippen LogP contribution in [0.1, 0.15) is 24.2 Å². The van der Waals surface area contributed by atoms with Gasteiger partial charge in [-0.2, -0.15) is 11.8 Å². The first-order valence-electron chi connectivity index (χ1n) is 5.75. The third-order valence-electron chi connectivity index (χ3n) is 2.88. The van der Waals surface area contributed by atoms with Crippen LogP contribution in [0.2, 0.25) is 0 Å². The van der Waals surface area contributed by atoms with Crippen molar-refractivity contribution in [3.8, 4) is 0 Å². The van der Waals surface area contributed by atoms with Gasteiger partial charge < -0.3 is 4.90 Å². The molecule has 1 aliphatic heterocycles. The van der Waals surface area contributed by atoms with Gasteiger partial charge in [-0.1, -0.05) is 29.8 Å². The Morgan fingerprint density at radius 2 is 2.00 bits per heavy atom. The highest BCUT2D eigenvalue weighted by Crippen LogP contribution is 2.31. The van der Waals surface area contributed by atoms with Gasteiger partial charge in [-0.3, -0.25) is 4.79 Å². The van der Waals surface area contributed by atoms with Crippen LogP contribution in [0.5, 0.6) is 0 Å². The Morgan fingerprint density at radius 1 is 1.35 bits per heavy atom. The molecule has 1 saturated heterocycles. The molecule has 0 amide bonds. The molecule has 0 spiro atoms. The fourth-order valence-electron chi connectivity index (χ4n) is 2.28. The van der Waals surface area contributed by atoms with Crippen molar-refractivity contribution in [2.75, 3.05) is 18.0 Å². The van der Waals surface area contributed by atoms with E-state index in [4.69, 9.17) is 0 Å². The molecule has 2 nitrogen and oxygen atoms in total. The predicted molar refractivity (Wildman–Crippen MR) is 78.3 cm³/mol. The van der Waals surface area contributed by atoms with Crippen molar-refractivity contribution < 1.29 is 4.79 Å². The second-order valence-electron chi connectivity index (χ2n) is 4.48. The quantitative estimate of drug-likeness (QED) is 0.778. The normalized spacial score (nSPS) is 24.8. The van der Waals surface area contributed by atoms with Crippen molar-refractivity contribution in [2.24, 2.45) is 0 Å². The number of carbonyl (C=O) groups excluding carboxylic acids is 1. The van der Waals surface area contributed by atoms with Gasteiger partial charge in [0.15, 0.2) is 6.29 Å². The molecule has 4 heteroatoms. The summed E-state index contributed by atoms with van der Waals surface area (Å²) in [6, 6.07) is 5.92. The number of rotatable bonds is 2. The number of hydrogen-bond acceptors (Lipinski definition) is 3. The molecule has 0 aromatic heterocycles. The number of benzene rings is 1. The molecule has 0 radical (unpaired) electrons. The standard InChI is InChI=1S/C13H16BrNOS/c1-9-6-15(7-10(2)17-9)13-4-3-12(14)5-11(13)8-16/h3-5,8-10H,6-7H2,1-2H3. The summed E-state index contributed by atoms with van der Waals surface area (Å²) < 4.78 is 0.954. The van der Waals surface area contributed by atoms with Crippen LogP contribution in [0.15, 0.2) is 22.7 Å². The Hall–Kier alpha value is -0.480. The molecule has 2 unspecified atom stereocenters. The van der Waals surface area contributed by atoms with E-state index in [0.29, 0.717) is 10.5 Å². The van der Waals surface area contributed by atoms with Gasteiger partial charge in [-0.05, 0) is 18.2 Å². The van der Waals surface area contributed by atoms with Gasteiger partial charge in [-0.15, -0.1) is 0 Å². The first kappa shape index (κ1) is 13.0. The third-order valence-corrected chi connectivity index (χ3v) is 4.60. The molecule has 0 bridgehead atoms. The Morgan fingerprint density at radius 3 is 2.59 bits per heavy atom. The first-order valence-corrected chi connectivity index (χ1v) is 7.49. The molecule has 17 heavy (non-hydrogen) atoms. The zero-order chi connectivity index (χ0) is 12.4. The monoisotopic (exact) mass is 313 g/mol. The van der Waals surface area contributed by atoms with Crippen LogP contribution < -0.4 is 4.90 Å². The Bertz CT molecular complexity index is 414. The molecule has 2 rings (SSSR count). The van der Waals surface area contributed by atoms with E-state index >= 15 is 0 Å². The first-order chi connectivity index (χ1) is 8.10. The summed E-state index contributed by atoms with van der Waals surface area (Å²) in [4.78, 5) is 13.5. The molecule has 1 fully saturated rings. The van der Waals surface area contributed by atoms with Gasteiger partial charge in [0.25, 0.3) is 0 Å². The maximum Gasteiger partial charge on any atom is 0.152 e. The molecule has 0 aliphatic carbocycles. The van der Waals surface area contributed by atoms with E-state index in [9.17, 15) is 4.79 Å². The fraction of sp³-hybridized carbons (Fsp3) is 0.462. The highest BCUT2D eigenvalue weighted by molar-refractivity contribution is 9.10. The molecule has 92 valence electrons. The summed E-state index contributed by atoms with van der Waals surface area (Å²) >= 11 is 5.42. The van der Waals surface area contributed by atoms with Gasteiger partial charge in [0.1, 0.15) is 0 Å². The summed E-state index contributed by atoms with van der Waals surface area (Å²) in [5.74, 6) is 0. The van der Waals surface area contributed by atoms with Gasteiger partial charge in [-0.25, -0.2) is 0 Å². The minimum Gasteiger partial charge on any atom is -0.369 e. The van der Waals surface area contributed by atoms with Gasteiger partial charge in [0.05, 0.1) is 0 Å². The zero-order valence-electron chi connectivity index (χ0n) is 10.0. The molecular formula is C13H16BrNOS. The lowest BCUT2D eigenvalue weighted by atomic mass is 10.1. The molecule has 0 N–H and O–H groups in total. The summed E-state index contributed by atoms with van der Waals surface area (Å²) in [6.45, 7) is 6.51. The largest absolute Gasteiger partial charge is 0.369 e. The van der Waals surface area contributed by atoms with Crippen molar-refractivity contribution in [3.63, 3.8) is 0 Å². The molecular weight excluding hydrogens is 298 g/mol. The predicted octanol–water partition coefficient (Wildman–Crippen LogP) is 3.59. The molecule has 1 heterocycles. The van der Waals surface area contributed by atoms with E-state index in [0.717, 1.165) is 35.1 Å². The van der Waals surface area contributed by atoms with E-state index in [1.807, 2.05) is 30.0 Å². The average Bonchev–Trinajstić information content (AvgIpc) is 2.27. The summed E-state index contributed by atoms with van der Waals surface area (Å²) in [5.41, 5.74) is 1.83. The van der Waals surface area contributed by atoms with Crippen LogP contribution in [0.3, 0.4) is 0 Å². The SMILES string of the molecule is CC1CN(c2ccc(Br)cc2C=O)CC(C)S1. The summed E-state index contributed by atoms with van der Waals surface area (Å²) in [6.07, 6.45) is 0.942. The molecule has 1 aliphatic rings. The number of carbonyl (C=O) groups is 1. The fourth-order valence-corrected chi connectivity index (χ4v) is 3.99. The molecule has 1 aromatic carbocycles. The third kappa shape index (κ3) is 3.05.